The highest BCUT2D eigenvalue weighted by atomic mass is 16.5. The zero-order valence-electron chi connectivity index (χ0n) is 9.02. The average molecular weight is 184 g/mol. The van der Waals surface area contributed by atoms with Crippen molar-refractivity contribution in [1.82, 2.24) is 0 Å². The highest BCUT2D eigenvalue weighted by Crippen LogP contribution is 2.78. The molecule has 2 heteroatoms. The maximum atomic E-state index is 10.1. The van der Waals surface area contributed by atoms with Crippen LogP contribution >= 0.6 is 0 Å². The van der Waals surface area contributed by atoms with Crippen LogP contribution in [0, 0.1) is 16.2 Å². The van der Waals surface area contributed by atoms with Crippen molar-refractivity contribution in [2.24, 2.45) is 16.2 Å². The lowest BCUT2D eigenvalue weighted by Gasteiger charge is -2.78. The number of aliphatic hydroxyl groups is 2. The molecular formula is C11H20O2. The second-order valence-corrected chi connectivity index (χ2v) is 5.86. The van der Waals surface area contributed by atoms with Gasteiger partial charge in [-0.05, 0) is 18.3 Å². The molecule has 13 heavy (non-hydrogen) atoms. The van der Waals surface area contributed by atoms with E-state index in [-0.39, 0.29) is 16.2 Å². The van der Waals surface area contributed by atoms with Gasteiger partial charge < -0.3 is 10.2 Å². The number of hydrogen-bond donors (Lipinski definition) is 2. The van der Waals surface area contributed by atoms with Crippen LogP contribution in [0.25, 0.3) is 0 Å². The summed E-state index contributed by atoms with van der Waals surface area (Å²) in [5, 5.41) is 20.2. The molecule has 2 N–H and O–H groups in total. The van der Waals surface area contributed by atoms with Gasteiger partial charge in [0.2, 0.25) is 0 Å². The Hall–Kier alpha value is -0.0800. The van der Waals surface area contributed by atoms with E-state index in [0.717, 1.165) is 19.3 Å². The van der Waals surface area contributed by atoms with Crippen molar-refractivity contribution in [3.8, 4) is 0 Å². The van der Waals surface area contributed by atoms with E-state index in [2.05, 4.69) is 13.8 Å². The van der Waals surface area contributed by atoms with Gasteiger partial charge in [-0.15, -0.1) is 0 Å². The first kappa shape index (κ1) is 9.47. The molecule has 0 aromatic rings. The monoisotopic (exact) mass is 184 g/mol. The Labute approximate surface area is 80.0 Å². The molecule has 2 aliphatic rings. The summed E-state index contributed by atoms with van der Waals surface area (Å²) in [5.74, 6) is -1.46. The molecule has 0 aromatic heterocycles. The van der Waals surface area contributed by atoms with Gasteiger partial charge in [-0.25, -0.2) is 0 Å². The molecule has 2 aliphatic carbocycles. The van der Waals surface area contributed by atoms with Crippen LogP contribution in [-0.4, -0.2) is 16.0 Å². The first-order chi connectivity index (χ1) is 5.71. The Kier molecular flexibility index (Phi) is 1.43. The molecule has 0 aliphatic heterocycles. The molecular weight excluding hydrogens is 164 g/mol. The Balaban J connectivity index is 2.42. The van der Waals surface area contributed by atoms with Crippen molar-refractivity contribution in [1.29, 1.82) is 0 Å². The fraction of sp³-hybridized carbons (Fsp3) is 1.00. The third-order valence-corrected chi connectivity index (χ3v) is 5.50. The van der Waals surface area contributed by atoms with Gasteiger partial charge in [-0.1, -0.05) is 34.1 Å². The van der Waals surface area contributed by atoms with Crippen LogP contribution in [0.1, 0.15) is 47.0 Å². The van der Waals surface area contributed by atoms with Crippen molar-refractivity contribution in [2.75, 3.05) is 0 Å². The molecule has 0 atom stereocenters. The fourth-order valence-corrected chi connectivity index (χ4v) is 3.51. The van der Waals surface area contributed by atoms with Crippen molar-refractivity contribution < 1.29 is 10.2 Å². The lowest BCUT2D eigenvalue weighted by molar-refractivity contribution is -0.462. The zero-order chi connectivity index (χ0) is 10.1. The van der Waals surface area contributed by atoms with Crippen molar-refractivity contribution >= 4 is 0 Å². The summed E-state index contributed by atoms with van der Waals surface area (Å²) < 4.78 is 0. The topological polar surface area (TPSA) is 40.5 Å². The molecule has 2 nitrogen and oxygen atoms in total. The normalized spacial score (nSPS) is 36.5. The van der Waals surface area contributed by atoms with Gasteiger partial charge in [0, 0.05) is 10.8 Å². The Morgan fingerprint density at radius 2 is 1.31 bits per heavy atom. The zero-order valence-corrected chi connectivity index (χ0v) is 9.02. The van der Waals surface area contributed by atoms with Gasteiger partial charge in [-0.3, -0.25) is 0 Å². The van der Waals surface area contributed by atoms with Crippen LogP contribution in [0.4, 0.5) is 0 Å². The standard InChI is InChI=1S/C11H20O2/c1-8(2)9(3,4)11(12,13)10(8)6-5-7-10/h12-13H,5-7H2,1-4H3. The maximum Gasteiger partial charge on any atom is 0.174 e. The quantitative estimate of drug-likeness (QED) is 0.564. The first-order valence-corrected chi connectivity index (χ1v) is 5.15. The molecule has 2 saturated carbocycles. The predicted molar refractivity (Wildman–Crippen MR) is 51.0 cm³/mol. The second-order valence-electron chi connectivity index (χ2n) is 5.86. The van der Waals surface area contributed by atoms with E-state index >= 15 is 0 Å². The van der Waals surface area contributed by atoms with E-state index in [0.29, 0.717) is 0 Å². The third-order valence-electron chi connectivity index (χ3n) is 5.50. The summed E-state index contributed by atoms with van der Waals surface area (Å²) in [6, 6.07) is 0. The van der Waals surface area contributed by atoms with Crippen LogP contribution in [0.15, 0.2) is 0 Å². The van der Waals surface area contributed by atoms with Crippen LogP contribution in [0.5, 0.6) is 0 Å². The molecule has 2 fully saturated rings. The molecule has 0 unspecified atom stereocenters. The number of rotatable bonds is 0. The van der Waals surface area contributed by atoms with Gasteiger partial charge in [0.05, 0.1) is 0 Å². The Morgan fingerprint density at radius 3 is 1.46 bits per heavy atom. The summed E-state index contributed by atoms with van der Waals surface area (Å²) in [5.41, 5.74) is -0.564. The van der Waals surface area contributed by atoms with E-state index in [1.807, 2.05) is 13.8 Å². The molecule has 0 heterocycles. The van der Waals surface area contributed by atoms with Crippen molar-refractivity contribution in [2.45, 2.75) is 52.7 Å². The highest BCUT2D eigenvalue weighted by Gasteiger charge is 2.81. The number of hydrogen-bond acceptors (Lipinski definition) is 2. The van der Waals surface area contributed by atoms with Crippen LogP contribution in [0.3, 0.4) is 0 Å². The van der Waals surface area contributed by atoms with Crippen LogP contribution in [-0.2, 0) is 0 Å². The molecule has 0 bridgehead atoms. The van der Waals surface area contributed by atoms with Crippen LogP contribution in [0.2, 0.25) is 0 Å². The summed E-state index contributed by atoms with van der Waals surface area (Å²) in [4.78, 5) is 0. The van der Waals surface area contributed by atoms with E-state index in [1.165, 1.54) is 0 Å². The van der Waals surface area contributed by atoms with Crippen LogP contribution < -0.4 is 0 Å². The summed E-state index contributed by atoms with van der Waals surface area (Å²) in [6.45, 7) is 8.24. The average Bonchev–Trinajstić information content (AvgIpc) is 1.80. The van der Waals surface area contributed by atoms with Crippen molar-refractivity contribution in [3.05, 3.63) is 0 Å². The highest BCUT2D eigenvalue weighted by molar-refractivity contribution is 5.25. The Morgan fingerprint density at radius 1 is 0.846 bits per heavy atom. The largest absolute Gasteiger partial charge is 0.365 e. The minimum Gasteiger partial charge on any atom is -0.365 e. The lowest BCUT2D eigenvalue weighted by atomic mass is 9.29. The molecule has 0 saturated heterocycles. The molecule has 76 valence electrons. The summed E-state index contributed by atoms with van der Waals surface area (Å²) in [7, 11) is 0. The lowest BCUT2D eigenvalue weighted by Crippen LogP contribution is -2.81. The second kappa shape index (κ2) is 1.96. The Bertz CT molecular complexity index is 227. The van der Waals surface area contributed by atoms with Gasteiger partial charge >= 0.3 is 0 Å². The first-order valence-electron chi connectivity index (χ1n) is 5.15. The summed E-state index contributed by atoms with van der Waals surface area (Å²) in [6.07, 6.45) is 3.08. The molecule has 2 rings (SSSR count). The maximum absolute atomic E-state index is 10.1. The minimum absolute atomic E-state index is 0.0434. The van der Waals surface area contributed by atoms with E-state index in [1.54, 1.807) is 0 Å². The molecule has 1 spiro atoms. The molecule has 0 radical (unpaired) electrons. The van der Waals surface area contributed by atoms with Gasteiger partial charge in [0.15, 0.2) is 5.79 Å². The van der Waals surface area contributed by atoms with Crippen molar-refractivity contribution in [3.63, 3.8) is 0 Å². The van der Waals surface area contributed by atoms with Gasteiger partial charge in [-0.2, -0.15) is 0 Å². The minimum atomic E-state index is -1.46. The van der Waals surface area contributed by atoms with Gasteiger partial charge in [0.25, 0.3) is 0 Å². The predicted octanol–water partition coefficient (Wildman–Crippen LogP) is 1.90. The molecule has 0 amide bonds. The van der Waals surface area contributed by atoms with E-state index in [4.69, 9.17) is 0 Å². The SMILES string of the molecule is CC1(C)C(C)(C)C2(CCC2)C1(O)O. The van der Waals surface area contributed by atoms with E-state index in [9.17, 15) is 10.2 Å². The third kappa shape index (κ3) is 0.608. The smallest absolute Gasteiger partial charge is 0.174 e. The summed E-state index contributed by atoms with van der Waals surface area (Å²) >= 11 is 0. The van der Waals surface area contributed by atoms with Gasteiger partial charge in [0.1, 0.15) is 0 Å². The molecule has 0 aromatic carbocycles. The fourth-order valence-electron chi connectivity index (χ4n) is 3.51. The van der Waals surface area contributed by atoms with E-state index < -0.39 is 5.79 Å².